The Morgan fingerprint density at radius 2 is 2.16 bits per heavy atom. The minimum absolute atomic E-state index is 0.0589. The van der Waals surface area contributed by atoms with Gasteiger partial charge in [0.2, 0.25) is 0 Å². The van der Waals surface area contributed by atoms with E-state index < -0.39 is 0 Å². The molecule has 2 atom stereocenters. The lowest BCUT2D eigenvalue weighted by Crippen LogP contribution is -2.03. The molecule has 2 aliphatic carbocycles. The van der Waals surface area contributed by atoms with Crippen LogP contribution in [0.5, 0.6) is 11.5 Å². The fraction of sp³-hybridized carbons (Fsp3) is 0.381. The number of fused-ring (bicyclic) bond motifs is 3. The van der Waals surface area contributed by atoms with Crippen LogP contribution in [-0.2, 0) is 6.42 Å². The van der Waals surface area contributed by atoms with E-state index in [1.54, 1.807) is 48.8 Å². The quantitative estimate of drug-likeness (QED) is 0.623. The second-order valence-electron chi connectivity index (χ2n) is 7.61. The highest BCUT2D eigenvalue weighted by molar-refractivity contribution is 7.14. The molecule has 0 spiro atoms. The molecule has 1 aromatic carbocycles. The summed E-state index contributed by atoms with van der Waals surface area (Å²) in [5.74, 6) is 2.11. The summed E-state index contributed by atoms with van der Waals surface area (Å²) in [7, 11) is 1.55. The molecule has 0 unspecified atom stereocenters. The zero-order chi connectivity index (χ0) is 17.9. The van der Waals surface area contributed by atoms with Crippen molar-refractivity contribution in [1.82, 2.24) is 0 Å². The van der Waals surface area contributed by atoms with Gasteiger partial charge in [0.1, 0.15) is 11.5 Å². The second kappa shape index (κ2) is 5.46. The lowest BCUT2D eigenvalue weighted by molar-refractivity contribution is 0.105. The lowest BCUT2D eigenvalue weighted by atomic mass is 9.94. The zero-order valence-electron chi connectivity index (χ0n) is 14.9. The number of hydrogen-bond donors (Lipinski definition) is 1. The second-order valence-corrected chi connectivity index (χ2v) is 8.84. The number of thiophene rings is 1. The third-order valence-corrected chi connectivity index (χ3v) is 7.05. The van der Waals surface area contributed by atoms with Crippen LogP contribution in [0.4, 0.5) is 0 Å². The first-order valence-electron chi connectivity index (χ1n) is 8.56. The number of benzene rings is 1. The molecule has 25 heavy (non-hydrogen) atoms. The normalized spacial score (nSPS) is 22.7. The van der Waals surface area contributed by atoms with Gasteiger partial charge in [-0.1, -0.05) is 13.8 Å². The molecule has 0 saturated heterocycles. The van der Waals surface area contributed by atoms with Gasteiger partial charge in [0.15, 0.2) is 5.78 Å². The predicted molar refractivity (Wildman–Crippen MR) is 101 cm³/mol. The van der Waals surface area contributed by atoms with E-state index in [-0.39, 0.29) is 11.5 Å². The van der Waals surface area contributed by atoms with Crippen molar-refractivity contribution in [2.24, 2.45) is 11.3 Å². The highest BCUT2D eigenvalue weighted by atomic mass is 32.1. The molecule has 0 bridgehead atoms. The monoisotopic (exact) mass is 354 g/mol. The van der Waals surface area contributed by atoms with Crippen molar-refractivity contribution in [2.75, 3.05) is 7.11 Å². The van der Waals surface area contributed by atoms with Gasteiger partial charge in [0.05, 0.1) is 12.0 Å². The molecule has 1 fully saturated rings. The van der Waals surface area contributed by atoms with Crippen molar-refractivity contribution >= 4 is 23.2 Å². The molecule has 0 radical (unpaired) electrons. The number of methoxy groups -OCH3 is 1. The molecule has 0 aliphatic heterocycles. The van der Waals surface area contributed by atoms with Crippen molar-refractivity contribution in [3.05, 3.63) is 50.7 Å². The summed E-state index contributed by atoms with van der Waals surface area (Å²) in [6, 6.07) is 4.89. The molecule has 1 aromatic heterocycles. The molecule has 1 N–H and O–H groups in total. The van der Waals surface area contributed by atoms with Gasteiger partial charge in [-0.3, -0.25) is 4.79 Å². The van der Waals surface area contributed by atoms with E-state index >= 15 is 0 Å². The average Bonchev–Trinajstić information content (AvgIpc) is 2.93. The van der Waals surface area contributed by atoms with E-state index in [0.717, 1.165) is 16.9 Å². The average molecular weight is 354 g/mol. The van der Waals surface area contributed by atoms with Crippen LogP contribution in [0.25, 0.3) is 6.08 Å². The van der Waals surface area contributed by atoms with E-state index in [4.69, 9.17) is 4.74 Å². The van der Waals surface area contributed by atoms with Crippen LogP contribution in [0.15, 0.2) is 24.3 Å². The molecule has 0 amide bonds. The fourth-order valence-electron chi connectivity index (χ4n) is 4.41. The lowest BCUT2D eigenvalue weighted by Gasteiger charge is -2.09. The summed E-state index contributed by atoms with van der Waals surface area (Å²) >= 11 is 1.63. The number of ketones is 1. The summed E-state index contributed by atoms with van der Waals surface area (Å²) in [4.78, 5) is 15.0. The summed E-state index contributed by atoms with van der Waals surface area (Å²) < 4.78 is 5.27. The Balaban J connectivity index is 1.62. The van der Waals surface area contributed by atoms with Gasteiger partial charge in [-0.15, -0.1) is 11.3 Å². The SMILES string of the molecule is COc1cc(O)ccc1C=CC(=O)c1sc(C)c2c1C[C@@H]1[C@H]2C1(C)C. The molecule has 2 aromatic rings. The summed E-state index contributed by atoms with van der Waals surface area (Å²) in [6.07, 6.45) is 4.42. The summed E-state index contributed by atoms with van der Waals surface area (Å²) in [5, 5.41) is 9.53. The van der Waals surface area contributed by atoms with Crippen molar-refractivity contribution in [3.63, 3.8) is 0 Å². The van der Waals surface area contributed by atoms with Crippen molar-refractivity contribution < 1.29 is 14.6 Å². The first-order valence-corrected chi connectivity index (χ1v) is 9.37. The number of aryl methyl sites for hydroxylation is 1. The van der Waals surface area contributed by atoms with Crippen LogP contribution in [0.1, 0.15) is 51.0 Å². The molecule has 1 saturated carbocycles. The highest BCUT2D eigenvalue weighted by Gasteiger charge is 2.63. The van der Waals surface area contributed by atoms with Gasteiger partial charge in [0.25, 0.3) is 0 Å². The molecule has 130 valence electrons. The maximum absolute atomic E-state index is 12.8. The first kappa shape index (κ1) is 16.4. The van der Waals surface area contributed by atoms with Gasteiger partial charge in [-0.25, -0.2) is 0 Å². The van der Waals surface area contributed by atoms with Gasteiger partial charge in [-0.2, -0.15) is 0 Å². The molecule has 1 heterocycles. The van der Waals surface area contributed by atoms with E-state index in [0.29, 0.717) is 23.0 Å². The number of allylic oxidation sites excluding steroid dienone is 1. The fourth-order valence-corrected chi connectivity index (χ4v) is 5.56. The maximum atomic E-state index is 12.8. The standard InChI is InChI=1S/C21H22O3S/c1-11-18-14(10-15-19(18)21(15,2)3)20(25-11)16(23)8-6-12-5-7-13(22)9-17(12)24-4/h5-9,15,19,22H,10H2,1-4H3/t15-,19-/m1/s1. The van der Waals surface area contributed by atoms with Crippen LogP contribution in [0.3, 0.4) is 0 Å². The highest BCUT2D eigenvalue weighted by Crippen LogP contribution is 2.71. The Labute approximate surface area is 152 Å². The molecular weight excluding hydrogens is 332 g/mol. The number of phenolic OH excluding ortho intramolecular Hbond substituents is 1. The Morgan fingerprint density at radius 1 is 1.40 bits per heavy atom. The number of rotatable bonds is 4. The number of carbonyl (C=O) groups excluding carboxylic acids is 1. The van der Waals surface area contributed by atoms with Crippen LogP contribution in [-0.4, -0.2) is 18.0 Å². The van der Waals surface area contributed by atoms with Crippen LogP contribution >= 0.6 is 11.3 Å². The first-order chi connectivity index (χ1) is 11.8. The number of ether oxygens (including phenoxy) is 1. The third-order valence-electron chi connectivity index (χ3n) is 5.87. The molecule has 4 heteroatoms. The minimum atomic E-state index is 0.0589. The topological polar surface area (TPSA) is 46.5 Å². The van der Waals surface area contributed by atoms with Crippen LogP contribution < -0.4 is 4.74 Å². The maximum Gasteiger partial charge on any atom is 0.196 e. The molecule has 2 aliphatic rings. The zero-order valence-corrected chi connectivity index (χ0v) is 15.7. The molecule has 3 nitrogen and oxygen atoms in total. The van der Waals surface area contributed by atoms with Gasteiger partial charge in [-0.05, 0) is 66.0 Å². The number of aromatic hydroxyl groups is 1. The number of phenols is 1. The van der Waals surface area contributed by atoms with Crippen molar-refractivity contribution in [1.29, 1.82) is 0 Å². The Kier molecular flexibility index (Phi) is 3.58. The van der Waals surface area contributed by atoms with E-state index in [1.165, 1.54) is 16.0 Å². The van der Waals surface area contributed by atoms with Crippen molar-refractivity contribution in [2.45, 2.75) is 33.1 Å². The van der Waals surface area contributed by atoms with Crippen molar-refractivity contribution in [3.8, 4) is 11.5 Å². The van der Waals surface area contributed by atoms with Crippen LogP contribution in [0, 0.1) is 18.3 Å². The van der Waals surface area contributed by atoms with E-state index in [9.17, 15) is 9.90 Å². The third kappa shape index (κ3) is 2.43. The largest absolute Gasteiger partial charge is 0.508 e. The van der Waals surface area contributed by atoms with Gasteiger partial charge >= 0.3 is 0 Å². The summed E-state index contributed by atoms with van der Waals surface area (Å²) in [6.45, 7) is 6.81. The number of carbonyl (C=O) groups is 1. The Hall–Kier alpha value is -2.07. The minimum Gasteiger partial charge on any atom is -0.508 e. The Morgan fingerprint density at radius 3 is 2.88 bits per heavy atom. The number of hydrogen-bond acceptors (Lipinski definition) is 4. The summed E-state index contributed by atoms with van der Waals surface area (Å²) in [5.41, 5.74) is 3.90. The molecular formula is C21H22O3S. The van der Waals surface area contributed by atoms with Gasteiger partial charge in [0, 0.05) is 16.5 Å². The predicted octanol–water partition coefficient (Wildman–Crippen LogP) is 4.96. The smallest absolute Gasteiger partial charge is 0.196 e. The Bertz CT molecular complexity index is 904. The molecule has 4 rings (SSSR count). The van der Waals surface area contributed by atoms with E-state index in [1.807, 2.05) is 0 Å². The van der Waals surface area contributed by atoms with Gasteiger partial charge < -0.3 is 9.84 Å². The van der Waals surface area contributed by atoms with Crippen LogP contribution in [0.2, 0.25) is 0 Å². The van der Waals surface area contributed by atoms with E-state index in [2.05, 4.69) is 20.8 Å².